The SMILES string of the molecule is O=C(O)CC(c1cnc2[nH]ncc2c1)n1ncc2cc(OCCc3ccc4c(n3)CCCC4)ccc21. The Kier molecular flexibility index (Phi) is 5.80. The molecule has 1 aliphatic rings. The van der Waals surface area contributed by atoms with Crippen molar-refractivity contribution in [3.8, 4) is 5.75 Å². The van der Waals surface area contributed by atoms with Crippen LogP contribution in [0.4, 0.5) is 0 Å². The van der Waals surface area contributed by atoms with E-state index >= 15 is 0 Å². The van der Waals surface area contributed by atoms with Gasteiger partial charge >= 0.3 is 5.97 Å². The first kappa shape index (κ1) is 22.2. The van der Waals surface area contributed by atoms with Crippen LogP contribution in [0.25, 0.3) is 21.9 Å². The second-order valence-electron chi connectivity index (χ2n) is 9.21. The minimum atomic E-state index is -0.910. The van der Waals surface area contributed by atoms with E-state index in [0.29, 0.717) is 12.3 Å². The number of hydrogen-bond donors (Lipinski definition) is 2. The lowest BCUT2D eigenvalue weighted by atomic mass is 9.96. The fourth-order valence-electron chi connectivity index (χ4n) is 4.96. The number of aromatic amines is 1. The summed E-state index contributed by atoms with van der Waals surface area (Å²) in [6.07, 6.45) is 10.4. The first-order valence-corrected chi connectivity index (χ1v) is 12.2. The average molecular weight is 483 g/mol. The normalized spacial score (nSPS) is 14.1. The maximum Gasteiger partial charge on any atom is 0.305 e. The van der Waals surface area contributed by atoms with Crippen molar-refractivity contribution in [1.82, 2.24) is 29.9 Å². The van der Waals surface area contributed by atoms with Crippen molar-refractivity contribution < 1.29 is 14.6 Å². The summed E-state index contributed by atoms with van der Waals surface area (Å²) in [5.41, 5.74) is 5.93. The van der Waals surface area contributed by atoms with E-state index in [-0.39, 0.29) is 6.42 Å². The highest BCUT2D eigenvalue weighted by atomic mass is 16.5. The van der Waals surface area contributed by atoms with Crippen molar-refractivity contribution in [3.05, 3.63) is 77.5 Å². The van der Waals surface area contributed by atoms with E-state index in [2.05, 4.69) is 32.4 Å². The van der Waals surface area contributed by atoms with Crippen LogP contribution in [-0.4, -0.2) is 47.6 Å². The highest BCUT2D eigenvalue weighted by Crippen LogP contribution is 2.29. The van der Waals surface area contributed by atoms with Gasteiger partial charge in [0.15, 0.2) is 5.65 Å². The highest BCUT2D eigenvalue weighted by Gasteiger charge is 2.22. The van der Waals surface area contributed by atoms with Crippen LogP contribution in [0.5, 0.6) is 5.75 Å². The van der Waals surface area contributed by atoms with Gasteiger partial charge in [0.25, 0.3) is 0 Å². The summed E-state index contributed by atoms with van der Waals surface area (Å²) in [5, 5.41) is 22.7. The van der Waals surface area contributed by atoms with Crippen LogP contribution in [0.15, 0.2) is 55.0 Å². The number of fused-ring (bicyclic) bond motifs is 3. The van der Waals surface area contributed by atoms with Crippen LogP contribution in [-0.2, 0) is 24.1 Å². The molecule has 2 N–H and O–H groups in total. The number of H-pyrrole nitrogens is 1. The topological polar surface area (TPSA) is 119 Å². The van der Waals surface area contributed by atoms with E-state index in [9.17, 15) is 9.90 Å². The predicted molar refractivity (Wildman–Crippen MR) is 134 cm³/mol. The molecule has 0 amide bonds. The molecule has 0 fully saturated rings. The molecule has 0 radical (unpaired) electrons. The molecular formula is C27H26N6O3. The number of ether oxygens (including phenoxy) is 1. The van der Waals surface area contributed by atoms with Gasteiger partial charge < -0.3 is 9.84 Å². The van der Waals surface area contributed by atoms with Gasteiger partial charge in [-0.2, -0.15) is 10.2 Å². The zero-order chi connectivity index (χ0) is 24.5. The number of hydrogen-bond acceptors (Lipinski definition) is 6. The molecule has 0 saturated heterocycles. The van der Waals surface area contributed by atoms with E-state index in [1.165, 1.54) is 24.1 Å². The zero-order valence-electron chi connectivity index (χ0n) is 19.7. The van der Waals surface area contributed by atoms with Crippen LogP contribution in [0, 0.1) is 0 Å². The summed E-state index contributed by atoms with van der Waals surface area (Å²) < 4.78 is 7.77. The van der Waals surface area contributed by atoms with Crippen molar-refractivity contribution in [2.45, 2.75) is 44.6 Å². The van der Waals surface area contributed by atoms with Gasteiger partial charge in [-0.15, -0.1) is 0 Å². The number of carboxylic acid groups (broad SMARTS) is 1. The predicted octanol–water partition coefficient (Wildman–Crippen LogP) is 4.27. The number of pyridine rings is 2. The largest absolute Gasteiger partial charge is 0.493 e. The fourth-order valence-corrected chi connectivity index (χ4v) is 4.96. The lowest BCUT2D eigenvalue weighted by Gasteiger charge is -2.17. The Balaban J connectivity index is 1.20. The number of aliphatic carboxylic acids is 1. The standard InChI is InChI=1S/C27H26N6O3/c34-26(35)13-25(18-11-20-15-29-32-27(20)28-14-18)33-24-8-7-22(12-19(24)16-30-33)36-10-9-21-6-5-17-3-1-2-4-23(17)31-21/h5-8,11-12,14-16,25H,1-4,9-10,13H2,(H,34,35)(H,28,29,32). The second kappa shape index (κ2) is 9.41. The van der Waals surface area contributed by atoms with Crippen LogP contribution in [0.2, 0.25) is 0 Å². The van der Waals surface area contributed by atoms with Gasteiger partial charge in [-0.05, 0) is 67.1 Å². The molecule has 0 spiro atoms. The first-order valence-electron chi connectivity index (χ1n) is 12.2. The molecule has 0 saturated carbocycles. The molecule has 1 aliphatic carbocycles. The summed E-state index contributed by atoms with van der Waals surface area (Å²) in [4.78, 5) is 20.9. The number of carbonyl (C=O) groups is 1. The molecule has 9 nitrogen and oxygen atoms in total. The highest BCUT2D eigenvalue weighted by molar-refractivity contribution is 5.81. The van der Waals surface area contributed by atoms with E-state index in [0.717, 1.165) is 52.6 Å². The van der Waals surface area contributed by atoms with Crippen LogP contribution >= 0.6 is 0 Å². The van der Waals surface area contributed by atoms with Crippen molar-refractivity contribution in [3.63, 3.8) is 0 Å². The maximum atomic E-state index is 11.7. The molecular weight excluding hydrogens is 456 g/mol. The minimum Gasteiger partial charge on any atom is -0.493 e. The van der Waals surface area contributed by atoms with Crippen molar-refractivity contribution in [1.29, 1.82) is 0 Å². The molecule has 4 aromatic heterocycles. The number of aromatic nitrogens is 6. The smallest absolute Gasteiger partial charge is 0.305 e. The van der Waals surface area contributed by atoms with E-state index in [1.54, 1.807) is 23.3 Å². The summed E-state index contributed by atoms with van der Waals surface area (Å²) in [6.45, 7) is 0.531. The molecule has 1 atom stereocenters. The number of benzene rings is 1. The Hall–Kier alpha value is -4.27. The van der Waals surface area contributed by atoms with E-state index < -0.39 is 12.0 Å². The number of rotatable bonds is 8. The van der Waals surface area contributed by atoms with Gasteiger partial charge in [0, 0.05) is 34.8 Å². The molecule has 5 aromatic rings. The number of carboxylic acids is 1. The Morgan fingerprint density at radius 3 is 2.92 bits per heavy atom. The molecule has 4 heterocycles. The van der Waals surface area contributed by atoms with Gasteiger partial charge in [-0.1, -0.05) is 6.07 Å². The molecule has 1 unspecified atom stereocenters. The van der Waals surface area contributed by atoms with Crippen molar-refractivity contribution in [2.24, 2.45) is 0 Å². The third-order valence-electron chi connectivity index (χ3n) is 6.79. The average Bonchev–Trinajstić information content (AvgIpc) is 3.53. The van der Waals surface area contributed by atoms with Gasteiger partial charge in [-0.25, -0.2) is 4.98 Å². The first-order chi connectivity index (χ1) is 17.6. The molecule has 9 heteroatoms. The molecule has 36 heavy (non-hydrogen) atoms. The lowest BCUT2D eigenvalue weighted by molar-refractivity contribution is -0.137. The Bertz CT molecular complexity index is 1560. The molecule has 1 aromatic carbocycles. The third-order valence-corrected chi connectivity index (χ3v) is 6.79. The Labute approximate surface area is 207 Å². The molecule has 0 aliphatic heterocycles. The fraction of sp³-hybridized carbons (Fsp3) is 0.296. The minimum absolute atomic E-state index is 0.117. The van der Waals surface area contributed by atoms with Crippen LogP contribution in [0.3, 0.4) is 0 Å². The monoisotopic (exact) mass is 482 g/mol. The number of nitrogens with zero attached hydrogens (tertiary/aromatic N) is 5. The van der Waals surface area contributed by atoms with Gasteiger partial charge in [0.05, 0.1) is 37.0 Å². The third kappa shape index (κ3) is 4.39. The summed E-state index contributed by atoms with van der Waals surface area (Å²) in [7, 11) is 0. The molecule has 182 valence electrons. The molecule has 6 rings (SSSR count). The lowest BCUT2D eigenvalue weighted by Crippen LogP contribution is -2.16. The summed E-state index contributed by atoms with van der Waals surface area (Å²) in [6, 6.07) is 11.5. The van der Waals surface area contributed by atoms with Crippen LogP contribution < -0.4 is 4.74 Å². The summed E-state index contributed by atoms with van der Waals surface area (Å²) >= 11 is 0. The number of nitrogens with one attached hydrogen (secondary N) is 1. The Morgan fingerprint density at radius 2 is 2.00 bits per heavy atom. The second-order valence-corrected chi connectivity index (χ2v) is 9.21. The number of aryl methyl sites for hydroxylation is 2. The van der Waals surface area contributed by atoms with Crippen molar-refractivity contribution >= 4 is 27.9 Å². The maximum absolute atomic E-state index is 11.7. The van der Waals surface area contributed by atoms with Crippen molar-refractivity contribution in [2.75, 3.05) is 6.61 Å². The summed E-state index contributed by atoms with van der Waals surface area (Å²) in [5.74, 6) is -0.164. The Morgan fingerprint density at radius 1 is 1.08 bits per heavy atom. The van der Waals surface area contributed by atoms with Gasteiger partial charge in [0.2, 0.25) is 0 Å². The molecule has 0 bridgehead atoms. The van der Waals surface area contributed by atoms with Crippen LogP contribution in [0.1, 0.15) is 47.8 Å². The zero-order valence-corrected chi connectivity index (χ0v) is 19.7. The van der Waals surface area contributed by atoms with Gasteiger partial charge in [0.1, 0.15) is 5.75 Å². The van der Waals surface area contributed by atoms with Gasteiger partial charge in [-0.3, -0.25) is 19.6 Å². The van der Waals surface area contributed by atoms with E-state index in [1.807, 2.05) is 24.3 Å². The van der Waals surface area contributed by atoms with E-state index in [4.69, 9.17) is 9.72 Å². The quantitative estimate of drug-likeness (QED) is 0.339.